The van der Waals surface area contributed by atoms with E-state index in [0.717, 1.165) is 27.7 Å². The average molecular weight is 495 g/mol. The first-order chi connectivity index (χ1) is 16.8. The van der Waals surface area contributed by atoms with Gasteiger partial charge in [-0.1, -0.05) is 29.8 Å². The summed E-state index contributed by atoms with van der Waals surface area (Å²) in [5.41, 5.74) is 3.97. The number of halogens is 1. The number of esters is 1. The zero-order valence-electron chi connectivity index (χ0n) is 19.4. The van der Waals surface area contributed by atoms with Crippen molar-refractivity contribution in [2.45, 2.75) is 32.9 Å². The summed E-state index contributed by atoms with van der Waals surface area (Å²) in [6.07, 6.45) is 0.332. The number of fused-ring (bicyclic) bond motifs is 4. The Bertz CT molecular complexity index is 1550. The molecular formula is C26H23ClN2O6. The molecule has 0 saturated heterocycles. The number of ether oxygens (including phenoxy) is 2. The molecule has 8 nitrogen and oxygen atoms in total. The highest BCUT2D eigenvalue weighted by Crippen LogP contribution is 2.33. The van der Waals surface area contributed by atoms with Crippen molar-refractivity contribution in [3.63, 3.8) is 0 Å². The first-order valence-corrected chi connectivity index (χ1v) is 11.5. The number of carbonyl (C=O) groups is 2. The molecule has 0 radical (unpaired) electrons. The number of carbonyl (C=O) groups excluding carboxylic acids is 2. The fourth-order valence-electron chi connectivity index (χ4n) is 4.59. The Morgan fingerprint density at radius 3 is 2.71 bits per heavy atom. The second-order valence-electron chi connectivity index (χ2n) is 8.60. The van der Waals surface area contributed by atoms with Crippen molar-refractivity contribution in [3.8, 4) is 5.75 Å². The number of nitrogens with zero attached hydrogens (tertiary/aromatic N) is 1. The van der Waals surface area contributed by atoms with E-state index < -0.39 is 23.5 Å². The van der Waals surface area contributed by atoms with Crippen LogP contribution in [-0.4, -0.2) is 41.5 Å². The molecule has 5 rings (SSSR count). The van der Waals surface area contributed by atoms with Gasteiger partial charge in [0.25, 0.3) is 5.91 Å². The Hall–Kier alpha value is -3.78. The van der Waals surface area contributed by atoms with Crippen molar-refractivity contribution in [2.24, 2.45) is 0 Å². The van der Waals surface area contributed by atoms with Gasteiger partial charge in [-0.15, -0.1) is 0 Å². The maximum atomic E-state index is 13.2. The maximum absolute atomic E-state index is 13.2. The minimum Gasteiger partial charge on any atom is -0.482 e. The summed E-state index contributed by atoms with van der Waals surface area (Å²) in [5.74, 6) is -0.690. The smallest absolute Gasteiger partial charge is 0.339 e. The standard InChI is InChI=1S/C26H23ClN2O6/c1-13-14(2)25(31)35-22-10-23(18(27)8-16(13)22)34-12-24(30)29-11-20-17(9-21(29)26(32)33-3)15-6-4-5-7-19(15)28-20/h4-8,10,21,28H,9,11-12H2,1-3H3/t21-/m0/s1. The zero-order valence-corrected chi connectivity index (χ0v) is 20.2. The largest absolute Gasteiger partial charge is 0.482 e. The van der Waals surface area contributed by atoms with Crippen molar-refractivity contribution in [3.05, 3.63) is 74.2 Å². The van der Waals surface area contributed by atoms with Crippen LogP contribution in [0.1, 0.15) is 22.4 Å². The number of aromatic amines is 1. The van der Waals surface area contributed by atoms with Gasteiger partial charge in [0.2, 0.25) is 0 Å². The molecule has 180 valence electrons. The molecule has 2 aromatic carbocycles. The molecule has 2 aromatic heterocycles. The van der Waals surface area contributed by atoms with E-state index in [2.05, 4.69) is 4.98 Å². The molecule has 1 atom stereocenters. The third-order valence-electron chi connectivity index (χ3n) is 6.66. The van der Waals surface area contributed by atoms with Gasteiger partial charge in [-0.2, -0.15) is 0 Å². The Morgan fingerprint density at radius 2 is 1.94 bits per heavy atom. The van der Waals surface area contributed by atoms with Gasteiger partial charge in [-0.3, -0.25) is 4.79 Å². The molecule has 1 N–H and O–H groups in total. The Kier molecular flexibility index (Phi) is 5.76. The SMILES string of the molecule is COC(=O)[C@@H]1Cc2c([nH]c3ccccc23)CN1C(=O)COc1cc2oc(=O)c(C)c(C)c2cc1Cl. The molecule has 0 unspecified atom stereocenters. The third-order valence-corrected chi connectivity index (χ3v) is 6.95. The fraction of sp³-hybridized carbons (Fsp3) is 0.269. The molecule has 35 heavy (non-hydrogen) atoms. The van der Waals surface area contributed by atoms with E-state index >= 15 is 0 Å². The van der Waals surface area contributed by atoms with Crippen LogP contribution >= 0.6 is 11.6 Å². The van der Waals surface area contributed by atoms with Crippen molar-refractivity contribution in [1.29, 1.82) is 0 Å². The summed E-state index contributed by atoms with van der Waals surface area (Å²) < 4.78 is 16.1. The van der Waals surface area contributed by atoms with Crippen LogP contribution in [0.4, 0.5) is 0 Å². The van der Waals surface area contributed by atoms with Crippen LogP contribution in [-0.2, 0) is 27.3 Å². The molecule has 4 aromatic rings. The molecule has 0 fully saturated rings. The highest BCUT2D eigenvalue weighted by molar-refractivity contribution is 6.32. The maximum Gasteiger partial charge on any atom is 0.339 e. The van der Waals surface area contributed by atoms with Crippen LogP contribution in [0, 0.1) is 13.8 Å². The van der Waals surface area contributed by atoms with Gasteiger partial charge in [0.05, 0.1) is 18.7 Å². The van der Waals surface area contributed by atoms with Crippen molar-refractivity contribution in [2.75, 3.05) is 13.7 Å². The van der Waals surface area contributed by atoms with E-state index in [1.54, 1.807) is 13.0 Å². The molecule has 1 aliphatic rings. The number of rotatable bonds is 4. The van der Waals surface area contributed by atoms with Crippen LogP contribution in [0.15, 0.2) is 45.6 Å². The van der Waals surface area contributed by atoms with Crippen molar-refractivity contribution in [1.82, 2.24) is 9.88 Å². The lowest BCUT2D eigenvalue weighted by atomic mass is 9.96. The number of aromatic nitrogens is 1. The summed E-state index contributed by atoms with van der Waals surface area (Å²) >= 11 is 6.40. The quantitative estimate of drug-likeness (QED) is 0.339. The molecule has 3 heterocycles. The van der Waals surface area contributed by atoms with Crippen LogP contribution < -0.4 is 10.4 Å². The average Bonchev–Trinajstić information content (AvgIpc) is 3.23. The molecule has 0 spiro atoms. The number of aryl methyl sites for hydroxylation is 1. The number of nitrogens with one attached hydrogen (secondary N) is 1. The molecule has 1 amide bonds. The molecular weight excluding hydrogens is 472 g/mol. The van der Waals surface area contributed by atoms with E-state index in [-0.39, 0.29) is 23.9 Å². The van der Waals surface area contributed by atoms with E-state index in [0.29, 0.717) is 23.0 Å². The summed E-state index contributed by atoms with van der Waals surface area (Å²) in [5, 5.41) is 2.00. The van der Waals surface area contributed by atoms with Crippen LogP contribution in [0.25, 0.3) is 21.9 Å². The number of hydrogen-bond acceptors (Lipinski definition) is 6. The Balaban J connectivity index is 1.42. The highest BCUT2D eigenvalue weighted by atomic mass is 35.5. The van der Waals surface area contributed by atoms with Gasteiger partial charge in [0.1, 0.15) is 17.4 Å². The number of methoxy groups -OCH3 is 1. The number of hydrogen-bond donors (Lipinski definition) is 1. The lowest BCUT2D eigenvalue weighted by Gasteiger charge is -2.33. The Labute approximate surface area is 205 Å². The van der Waals surface area contributed by atoms with Gasteiger partial charge in [-0.05, 0) is 37.1 Å². The predicted molar refractivity (Wildman–Crippen MR) is 131 cm³/mol. The van der Waals surface area contributed by atoms with Crippen LogP contribution in [0.5, 0.6) is 5.75 Å². The van der Waals surface area contributed by atoms with Crippen LogP contribution in [0.3, 0.4) is 0 Å². The number of H-pyrrole nitrogens is 1. The highest BCUT2D eigenvalue weighted by Gasteiger charge is 2.37. The van der Waals surface area contributed by atoms with Gasteiger partial charge >= 0.3 is 11.6 Å². The van der Waals surface area contributed by atoms with E-state index in [1.165, 1.54) is 18.1 Å². The van der Waals surface area contributed by atoms with Gasteiger partial charge < -0.3 is 23.8 Å². The normalized spacial score (nSPS) is 15.3. The van der Waals surface area contributed by atoms with E-state index in [1.807, 2.05) is 31.2 Å². The topological polar surface area (TPSA) is 102 Å². The summed E-state index contributed by atoms with van der Waals surface area (Å²) in [6, 6.07) is 10.2. The first kappa shape index (κ1) is 23.0. The van der Waals surface area contributed by atoms with Gasteiger partial charge in [-0.25, -0.2) is 9.59 Å². The summed E-state index contributed by atoms with van der Waals surface area (Å²) in [6.45, 7) is 3.36. The number of para-hydroxylation sites is 1. The molecule has 0 aliphatic carbocycles. The number of benzene rings is 2. The molecule has 1 aliphatic heterocycles. The lowest BCUT2D eigenvalue weighted by molar-refractivity contribution is -0.154. The van der Waals surface area contributed by atoms with Crippen molar-refractivity contribution >= 4 is 45.3 Å². The Morgan fingerprint density at radius 1 is 1.17 bits per heavy atom. The fourth-order valence-corrected chi connectivity index (χ4v) is 4.81. The lowest BCUT2D eigenvalue weighted by Crippen LogP contribution is -2.50. The second-order valence-corrected chi connectivity index (χ2v) is 9.01. The number of amides is 1. The molecule has 0 saturated carbocycles. The molecule has 9 heteroatoms. The summed E-state index contributed by atoms with van der Waals surface area (Å²) in [7, 11) is 1.30. The van der Waals surface area contributed by atoms with E-state index in [4.69, 9.17) is 25.5 Å². The zero-order chi connectivity index (χ0) is 24.9. The van der Waals surface area contributed by atoms with Crippen molar-refractivity contribution < 1.29 is 23.5 Å². The minimum atomic E-state index is -0.779. The van der Waals surface area contributed by atoms with Crippen LogP contribution in [0.2, 0.25) is 5.02 Å². The van der Waals surface area contributed by atoms with Gasteiger partial charge in [0, 0.05) is 40.0 Å². The van der Waals surface area contributed by atoms with E-state index in [9.17, 15) is 14.4 Å². The molecule has 0 bridgehead atoms. The minimum absolute atomic E-state index is 0.205. The summed E-state index contributed by atoms with van der Waals surface area (Å²) in [4.78, 5) is 42.7. The first-order valence-electron chi connectivity index (χ1n) is 11.1. The monoisotopic (exact) mass is 494 g/mol. The third kappa shape index (κ3) is 3.93. The van der Waals surface area contributed by atoms with Gasteiger partial charge in [0.15, 0.2) is 6.61 Å². The predicted octanol–water partition coefficient (Wildman–Crippen LogP) is 4.05. The second kappa shape index (κ2) is 8.78.